The predicted octanol–water partition coefficient (Wildman–Crippen LogP) is 5.76. The number of rotatable bonds is 2. The molecular weight excluding hydrogens is 320 g/mol. The highest BCUT2D eigenvalue weighted by molar-refractivity contribution is 4.98. The number of hydrogen-bond donors (Lipinski definition) is 2. The van der Waals surface area contributed by atoms with Crippen molar-refractivity contribution in [2.45, 2.75) is 100 Å². The summed E-state index contributed by atoms with van der Waals surface area (Å²) in [7, 11) is 0. The minimum Gasteiger partial charge on any atom is -0.393 e. The highest BCUT2D eigenvalue weighted by Gasteiger charge is 2.49. The molecular formula is C24H46O2. The van der Waals surface area contributed by atoms with Crippen LogP contribution in [0.15, 0.2) is 0 Å². The van der Waals surface area contributed by atoms with E-state index in [-0.39, 0.29) is 23.0 Å². The SMILES string of the molecule is CC1CC(C)C(O)C(C(C)C2CC(C(C)(C)C)CC(C(C)(C)C)C2O)C1. The Bertz CT molecular complexity index is 458. The monoisotopic (exact) mass is 366 g/mol. The van der Waals surface area contributed by atoms with Crippen molar-refractivity contribution < 1.29 is 10.2 Å². The second-order valence-corrected chi connectivity index (χ2v) is 12.2. The molecule has 0 aromatic rings. The molecule has 2 nitrogen and oxygen atoms in total. The molecule has 0 saturated heterocycles. The van der Waals surface area contributed by atoms with Crippen LogP contribution in [-0.2, 0) is 0 Å². The van der Waals surface area contributed by atoms with E-state index >= 15 is 0 Å². The van der Waals surface area contributed by atoms with E-state index in [0.717, 1.165) is 25.7 Å². The van der Waals surface area contributed by atoms with Crippen molar-refractivity contribution in [1.29, 1.82) is 0 Å². The Morgan fingerprint density at radius 1 is 0.731 bits per heavy atom. The van der Waals surface area contributed by atoms with Gasteiger partial charge in [0.05, 0.1) is 12.2 Å². The van der Waals surface area contributed by atoms with Crippen LogP contribution in [0.3, 0.4) is 0 Å². The minimum absolute atomic E-state index is 0.118. The fourth-order valence-corrected chi connectivity index (χ4v) is 6.15. The van der Waals surface area contributed by atoms with Crippen molar-refractivity contribution in [2.24, 2.45) is 52.3 Å². The molecule has 2 rings (SSSR count). The van der Waals surface area contributed by atoms with E-state index in [4.69, 9.17) is 0 Å². The number of aliphatic hydroxyl groups excluding tert-OH is 2. The first kappa shape index (κ1) is 22.2. The molecule has 9 atom stereocenters. The Morgan fingerprint density at radius 3 is 1.77 bits per heavy atom. The maximum absolute atomic E-state index is 11.4. The molecule has 0 aromatic carbocycles. The lowest BCUT2D eigenvalue weighted by Crippen LogP contribution is -2.51. The van der Waals surface area contributed by atoms with E-state index in [1.54, 1.807) is 0 Å². The van der Waals surface area contributed by atoms with E-state index in [2.05, 4.69) is 62.3 Å². The lowest BCUT2D eigenvalue weighted by Gasteiger charge is -2.52. The second-order valence-electron chi connectivity index (χ2n) is 12.2. The summed E-state index contributed by atoms with van der Waals surface area (Å²) in [6.07, 6.45) is 4.00. The van der Waals surface area contributed by atoms with Crippen molar-refractivity contribution in [1.82, 2.24) is 0 Å². The molecule has 0 amide bonds. The molecule has 0 aliphatic heterocycles. The van der Waals surface area contributed by atoms with Crippen LogP contribution in [0.1, 0.15) is 88.0 Å². The smallest absolute Gasteiger partial charge is 0.0604 e. The molecule has 0 heterocycles. The van der Waals surface area contributed by atoms with Gasteiger partial charge < -0.3 is 10.2 Å². The van der Waals surface area contributed by atoms with Crippen LogP contribution in [0.4, 0.5) is 0 Å². The second kappa shape index (κ2) is 7.74. The van der Waals surface area contributed by atoms with Crippen LogP contribution < -0.4 is 0 Å². The lowest BCUT2D eigenvalue weighted by atomic mass is 9.55. The van der Waals surface area contributed by atoms with Gasteiger partial charge in [0.25, 0.3) is 0 Å². The summed E-state index contributed by atoms with van der Waals surface area (Å²) in [5.41, 5.74) is 0.389. The molecule has 0 spiro atoms. The summed E-state index contributed by atoms with van der Waals surface area (Å²) in [4.78, 5) is 0. The normalized spacial score (nSPS) is 44.0. The lowest BCUT2D eigenvalue weighted by molar-refractivity contribution is -0.110. The van der Waals surface area contributed by atoms with Gasteiger partial charge in [0.2, 0.25) is 0 Å². The van der Waals surface area contributed by atoms with Gasteiger partial charge in [-0.25, -0.2) is 0 Å². The van der Waals surface area contributed by atoms with Crippen molar-refractivity contribution in [3.63, 3.8) is 0 Å². The van der Waals surface area contributed by atoms with Gasteiger partial charge in [0, 0.05) is 0 Å². The summed E-state index contributed by atoms with van der Waals surface area (Å²) in [6, 6.07) is 0. The molecule has 0 bridgehead atoms. The van der Waals surface area contributed by atoms with Gasteiger partial charge >= 0.3 is 0 Å². The van der Waals surface area contributed by atoms with E-state index in [1.807, 2.05) is 0 Å². The minimum atomic E-state index is -0.247. The van der Waals surface area contributed by atoms with Crippen LogP contribution in [0.2, 0.25) is 0 Å². The Kier molecular flexibility index (Phi) is 6.61. The highest BCUT2D eigenvalue weighted by atomic mass is 16.3. The molecule has 9 unspecified atom stereocenters. The van der Waals surface area contributed by atoms with E-state index in [9.17, 15) is 10.2 Å². The average Bonchev–Trinajstić information content (AvgIpc) is 2.48. The third-order valence-corrected chi connectivity index (χ3v) is 8.10. The maximum atomic E-state index is 11.4. The number of aliphatic hydroxyl groups is 2. The topological polar surface area (TPSA) is 40.5 Å². The van der Waals surface area contributed by atoms with Crippen LogP contribution in [-0.4, -0.2) is 22.4 Å². The average molecular weight is 367 g/mol. The summed E-state index contributed by atoms with van der Waals surface area (Å²) < 4.78 is 0. The van der Waals surface area contributed by atoms with Gasteiger partial charge in [-0.15, -0.1) is 0 Å². The van der Waals surface area contributed by atoms with Crippen LogP contribution >= 0.6 is 0 Å². The van der Waals surface area contributed by atoms with Crippen LogP contribution in [0.5, 0.6) is 0 Å². The summed E-state index contributed by atoms with van der Waals surface area (Å²) >= 11 is 0. The third kappa shape index (κ3) is 4.66. The predicted molar refractivity (Wildman–Crippen MR) is 111 cm³/mol. The van der Waals surface area contributed by atoms with Crippen LogP contribution in [0, 0.1) is 52.3 Å². The van der Waals surface area contributed by atoms with Gasteiger partial charge in [-0.2, -0.15) is 0 Å². The van der Waals surface area contributed by atoms with Crippen molar-refractivity contribution >= 4 is 0 Å². The summed E-state index contributed by atoms with van der Waals surface area (Å²) in [5, 5.41) is 22.3. The molecule has 0 aromatic heterocycles. The zero-order valence-electron chi connectivity index (χ0n) is 18.9. The fourth-order valence-electron chi connectivity index (χ4n) is 6.15. The Morgan fingerprint density at radius 2 is 1.27 bits per heavy atom. The first-order chi connectivity index (χ1) is 11.7. The van der Waals surface area contributed by atoms with E-state index < -0.39 is 0 Å². The third-order valence-electron chi connectivity index (χ3n) is 8.10. The zero-order valence-corrected chi connectivity index (χ0v) is 18.9. The van der Waals surface area contributed by atoms with Gasteiger partial charge in [0.1, 0.15) is 0 Å². The first-order valence-corrected chi connectivity index (χ1v) is 11.1. The molecule has 26 heavy (non-hydrogen) atoms. The summed E-state index contributed by atoms with van der Waals surface area (Å²) in [5.74, 6) is 3.03. The molecule has 154 valence electrons. The van der Waals surface area contributed by atoms with Crippen molar-refractivity contribution in [3.8, 4) is 0 Å². The molecule has 2 heteroatoms. The molecule has 2 fully saturated rings. The fraction of sp³-hybridized carbons (Fsp3) is 1.00. The Labute approximate surface area is 163 Å². The van der Waals surface area contributed by atoms with Gasteiger partial charge in [-0.3, -0.25) is 0 Å². The molecule has 2 aliphatic carbocycles. The Hall–Kier alpha value is -0.0800. The van der Waals surface area contributed by atoms with Crippen molar-refractivity contribution in [3.05, 3.63) is 0 Å². The first-order valence-electron chi connectivity index (χ1n) is 11.1. The zero-order chi connectivity index (χ0) is 20.0. The number of hydrogen-bond acceptors (Lipinski definition) is 2. The van der Waals surface area contributed by atoms with Crippen LogP contribution in [0.25, 0.3) is 0 Å². The van der Waals surface area contributed by atoms with Gasteiger partial charge in [-0.1, -0.05) is 62.3 Å². The summed E-state index contributed by atoms with van der Waals surface area (Å²) in [6.45, 7) is 20.8. The largest absolute Gasteiger partial charge is 0.393 e. The van der Waals surface area contributed by atoms with Gasteiger partial charge in [0.15, 0.2) is 0 Å². The van der Waals surface area contributed by atoms with Gasteiger partial charge in [-0.05, 0) is 77.9 Å². The molecule has 2 aliphatic rings. The molecule has 2 N–H and O–H groups in total. The molecule has 2 saturated carbocycles. The molecule has 0 radical (unpaired) electrons. The Balaban J connectivity index is 2.29. The maximum Gasteiger partial charge on any atom is 0.0604 e. The quantitative estimate of drug-likeness (QED) is 0.652. The standard InChI is InChI=1S/C24H46O2/c1-14-10-15(2)21(25)18(11-14)16(3)19-12-17(23(4,5)6)13-20(22(19)26)24(7,8)9/h14-22,25-26H,10-13H2,1-9H3. The van der Waals surface area contributed by atoms with E-state index in [0.29, 0.717) is 41.4 Å². The van der Waals surface area contributed by atoms with E-state index in [1.165, 1.54) is 0 Å². The highest BCUT2D eigenvalue weighted by Crippen LogP contribution is 2.52. The van der Waals surface area contributed by atoms with Crippen molar-refractivity contribution in [2.75, 3.05) is 0 Å².